The summed E-state index contributed by atoms with van der Waals surface area (Å²) in [5, 5.41) is 2.18. The molecule has 0 spiro atoms. The molecule has 2 aliphatic rings. The zero-order valence-electron chi connectivity index (χ0n) is 33.4. The van der Waals surface area contributed by atoms with Crippen LogP contribution < -0.4 is 35.8 Å². The first-order valence-corrected chi connectivity index (χ1v) is 20.8. The molecule has 61 heavy (non-hydrogen) atoms. The van der Waals surface area contributed by atoms with Gasteiger partial charge in [0.1, 0.15) is 17.1 Å². The molecule has 0 saturated heterocycles. The number of anilines is 9. The molecule has 3 heterocycles. The van der Waals surface area contributed by atoms with Gasteiger partial charge in [0.15, 0.2) is 5.58 Å². The molecule has 2 aliphatic heterocycles. The van der Waals surface area contributed by atoms with E-state index in [0.717, 1.165) is 95.5 Å². The molecule has 0 amide bonds. The maximum atomic E-state index is 7.03. The Bertz CT molecular complexity index is 3220. The number of hydrogen-bond donors (Lipinski definition) is 0. The number of para-hydroxylation sites is 5. The molecule has 6 heteroatoms. The zero-order chi connectivity index (χ0) is 40.4. The number of fused-ring (bicyclic) bond motifs is 7. The standard InChI is InChI=1S/C55H38BN3O2/c1-37-27-29-41(30-28-37)58(49-24-13-22-45-44-21-11-12-25-51(44)61-55(45)49)43-32-34-47-53(36-43)60-52-26-14-23-48-54(52)56(47)46-33-31-42(35-50(46)59(48)40-19-9-4-10-20-40)57(38-15-5-2-6-16-38)39-17-7-3-8-18-39/h2-36H,1H3. The summed E-state index contributed by atoms with van der Waals surface area (Å²) in [5.74, 6) is 1.69. The number of hydrogen-bond acceptors (Lipinski definition) is 5. The molecule has 0 N–H and O–H groups in total. The van der Waals surface area contributed by atoms with E-state index in [0.29, 0.717) is 0 Å². The lowest BCUT2D eigenvalue weighted by Crippen LogP contribution is -2.59. The molecule has 0 radical (unpaired) electrons. The van der Waals surface area contributed by atoms with Crippen molar-refractivity contribution in [2.45, 2.75) is 6.92 Å². The second kappa shape index (κ2) is 14.1. The van der Waals surface area contributed by atoms with E-state index in [4.69, 9.17) is 9.15 Å². The van der Waals surface area contributed by atoms with Crippen LogP contribution in [0.5, 0.6) is 11.5 Å². The van der Waals surface area contributed by atoms with Crippen LogP contribution in [0, 0.1) is 6.92 Å². The molecule has 0 atom stereocenters. The van der Waals surface area contributed by atoms with Crippen molar-refractivity contribution in [3.63, 3.8) is 0 Å². The molecule has 1 aromatic heterocycles. The van der Waals surface area contributed by atoms with E-state index in [1.807, 2.05) is 12.1 Å². The molecule has 0 unspecified atom stereocenters. The SMILES string of the molecule is Cc1ccc(N(c2ccc3c(c2)Oc2cccc4c2B3c2ccc(N(c3ccccc3)c3ccccc3)cc2N4c2ccccc2)c2cccc3c2oc2ccccc23)cc1. The fourth-order valence-electron chi connectivity index (χ4n) is 9.42. The Hall–Kier alpha value is -7.96. The van der Waals surface area contributed by atoms with E-state index in [1.165, 1.54) is 11.0 Å². The number of furan rings is 1. The molecule has 10 aromatic rings. The molecule has 0 aliphatic carbocycles. The van der Waals surface area contributed by atoms with Crippen LogP contribution >= 0.6 is 0 Å². The molecular formula is C55H38BN3O2. The summed E-state index contributed by atoms with van der Waals surface area (Å²) in [6, 6.07) is 75.4. The van der Waals surface area contributed by atoms with Crippen LogP contribution in [-0.2, 0) is 0 Å². The predicted octanol–water partition coefficient (Wildman–Crippen LogP) is 13.2. The first-order chi connectivity index (χ1) is 30.2. The Morgan fingerprint density at radius 1 is 0.443 bits per heavy atom. The third-order valence-electron chi connectivity index (χ3n) is 12.1. The van der Waals surface area contributed by atoms with E-state index in [9.17, 15) is 0 Å². The smallest absolute Gasteiger partial charge is 0.256 e. The summed E-state index contributed by atoms with van der Waals surface area (Å²) < 4.78 is 13.7. The second-order valence-corrected chi connectivity index (χ2v) is 15.8. The van der Waals surface area contributed by atoms with Gasteiger partial charge in [-0.05, 0) is 114 Å². The monoisotopic (exact) mass is 783 g/mol. The molecule has 5 nitrogen and oxygen atoms in total. The van der Waals surface area contributed by atoms with Gasteiger partial charge in [0, 0.05) is 62.3 Å². The van der Waals surface area contributed by atoms with Crippen molar-refractivity contribution in [2.24, 2.45) is 0 Å². The van der Waals surface area contributed by atoms with Crippen LogP contribution in [0.4, 0.5) is 51.2 Å². The van der Waals surface area contributed by atoms with Gasteiger partial charge >= 0.3 is 0 Å². The summed E-state index contributed by atoms with van der Waals surface area (Å²) in [6.07, 6.45) is 0. The van der Waals surface area contributed by atoms with Gasteiger partial charge in [-0.15, -0.1) is 0 Å². The van der Waals surface area contributed by atoms with Gasteiger partial charge in [0.2, 0.25) is 0 Å². The van der Waals surface area contributed by atoms with Crippen molar-refractivity contribution < 1.29 is 9.15 Å². The lowest BCUT2D eigenvalue weighted by molar-refractivity contribution is 0.487. The van der Waals surface area contributed by atoms with Gasteiger partial charge < -0.3 is 23.9 Å². The Morgan fingerprint density at radius 2 is 1.05 bits per heavy atom. The normalized spacial score (nSPS) is 12.4. The largest absolute Gasteiger partial charge is 0.458 e. The van der Waals surface area contributed by atoms with Gasteiger partial charge in [-0.3, -0.25) is 0 Å². The third-order valence-corrected chi connectivity index (χ3v) is 12.1. The van der Waals surface area contributed by atoms with Gasteiger partial charge in [-0.1, -0.05) is 121 Å². The summed E-state index contributed by atoms with van der Waals surface area (Å²) in [7, 11) is 0. The van der Waals surface area contributed by atoms with Crippen molar-refractivity contribution in [1.82, 2.24) is 0 Å². The Balaban J connectivity index is 1.05. The summed E-state index contributed by atoms with van der Waals surface area (Å²) in [5.41, 5.74) is 16.0. The minimum Gasteiger partial charge on any atom is -0.458 e. The number of rotatable bonds is 7. The van der Waals surface area contributed by atoms with E-state index >= 15 is 0 Å². The number of ether oxygens (including phenoxy) is 1. The average molecular weight is 784 g/mol. The molecule has 0 saturated carbocycles. The van der Waals surface area contributed by atoms with E-state index in [1.54, 1.807) is 0 Å². The van der Waals surface area contributed by atoms with Crippen molar-refractivity contribution in [3.8, 4) is 11.5 Å². The molecule has 0 bridgehead atoms. The Morgan fingerprint density at radius 3 is 1.80 bits per heavy atom. The van der Waals surface area contributed by atoms with Crippen LogP contribution in [0.15, 0.2) is 217 Å². The van der Waals surface area contributed by atoms with Crippen molar-refractivity contribution >= 4 is 96.2 Å². The van der Waals surface area contributed by atoms with E-state index < -0.39 is 0 Å². The highest BCUT2D eigenvalue weighted by molar-refractivity contribution is 6.99. The fraction of sp³-hybridized carbons (Fsp3) is 0.0182. The molecular weight excluding hydrogens is 745 g/mol. The van der Waals surface area contributed by atoms with Crippen molar-refractivity contribution in [1.29, 1.82) is 0 Å². The summed E-state index contributed by atoms with van der Waals surface area (Å²) >= 11 is 0. The Labute approximate surface area is 355 Å². The first-order valence-electron chi connectivity index (χ1n) is 20.8. The maximum absolute atomic E-state index is 7.03. The fourth-order valence-corrected chi connectivity index (χ4v) is 9.42. The summed E-state index contributed by atoms with van der Waals surface area (Å²) in [4.78, 5) is 7.03. The quantitative estimate of drug-likeness (QED) is 0.150. The van der Waals surface area contributed by atoms with Crippen LogP contribution in [0.2, 0.25) is 0 Å². The zero-order valence-corrected chi connectivity index (χ0v) is 33.4. The number of nitrogens with zero attached hydrogens (tertiary/aromatic N) is 3. The lowest BCUT2D eigenvalue weighted by atomic mass is 9.34. The Kier molecular flexibility index (Phi) is 8.10. The van der Waals surface area contributed by atoms with Gasteiger partial charge in [-0.2, -0.15) is 0 Å². The summed E-state index contributed by atoms with van der Waals surface area (Å²) in [6.45, 7) is 2.05. The van der Waals surface area contributed by atoms with Gasteiger partial charge in [-0.25, -0.2) is 0 Å². The van der Waals surface area contributed by atoms with Crippen LogP contribution in [0.1, 0.15) is 5.56 Å². The van der Waals surface area contributed by atoms with Crippen LogP contribution in [-0.4, -0.2) is 6.71 Å². The molecule has 0 fully saturated rings. The van der Waals surface area contributed by atoms with Gasteiger partial charge in [0.25, 0.3) is 6.71 Å². The van der Waals surface area contributed by atoms with Crippen molar-refractivity contribution in [2.75, 3.05) is 14.7 Å². The van der Waals surface area contributed by atoms with Crippen molar-refractivity contribution in [3.05, 3.63) is 218 Å². The lowest BCUT2D eigenvalue weighted by Gasteiger charge is -2.40. The molecule has 288 valence electrons. The van der Waals surface area contributed by atoms with Gasteiger partial charge in [0.05, 0.1) is 5.69 Å². The predicted molar refractivity (Wildman–Crippen MR) is 254 cm³/mol. The number of aryl methyl sites for hydroxylation is 1. The topological polar surface area (TPSA) is 32.1 Å². The van der Waals surface area contributed by atoms with Crippen LogP contribution in [0.3, 0.4) is 0 Å². The minimum atomic E-state index is -0.0680. The number of benzene rings is 9. The van der Waals surface area contributed by atoms with E-state index in [-0.39, 0.29) is 6.71 Å². The third kappa shape index (κ3) is 5.71. The highest BCUT2D eigenvalue weighted by Crippen LogP contribution is 2.46. The van der Waals surface area contributed by atoms with Crippen LogP contribution in [0.25, 0.3) is 21.9 Å². The maximum Gasteiger partial charge on any atom is 0.256 e. The highest BCUT2D eigenvalue weighted by atomic mass is 16.5. The second-order valence-electron chi connectivity index (χ2n) is 15.8. The average Bonchev–Trinajstić information content (AvgIpc) is 3.70. The molecule has 9 aromatic carbocycles. The highest BCUT2D eigenvalue weighted by Gasteiger charge is 2.42. The minimum absolute atomic E-state index is 0.0680. The van der Waals surface area contributed by atoms with E-state index in [2.05, 4.69) is 222 Å². The first kappa shape index (κ1) is 35.0. The molecule has 12 rings (SSSR count).